The number of hydrogen-bond donors (Lipinski definition) is 2. The molecule has 0 saturated carbocycles. The highest BCUT2D eigenvalue weighted by Crippen LogP contribution is 2.25. The molecule has 0 radical (unpaired) electrons. The molecule has 0 aliphatic carbocycles. The molecule has 0 atom stereocenters. The van der Waals surface area contributed by atoms with Crippen LogP contribution in [-0.4, -0.2) is 38.3 Å². The highest BCUT2D eigenvalue weighted by molar-refractivity contribution is 6.33. The Labute approximate surface area is 112 Å². The van der Waals surface area contributed by atoms with E-state index >= 15 is 0 Å². The lowest BCUT2D eigenvalue weighted by molar-refractivity contribution is -0.116. The maximum atomic E-state index is 11.3. The third-order valence-electron chi connectivity index (χ3n) is 2.29. The molecule has 2 N–H and O–H groups in total. The highest BCUT2D eigenvalue weighted by atomic mass is 35.5. The van der Waals surface area contributed by atoms with Crippen LogP contribution in [0.25, 0.3) is 6.08 Å². The van der Waals surface area contributed by atoms with E-state index in [9.17, 15) is 4.79 Å². The maximum Gasteiger partial charge on any atom is 0.244 e. The van der Waals surface area contributed by atoms with E-state index in [-0.39, 0.29) is 19.1 Å². The van der Waals surface area contributed by atoms with Crippen LogP contribution >= 0.6 is 11.6 Å². The second kappa shape index (κ2) is 7.03. The van der Waals surface area contributed by atoms with Gasteiger partial charge in [-0.2, -0.15) is 0 Å². The molecule has 18 heavy (non-hydrogen) atoms. The molecule has 1 amide bonds. The third-order valence-corrected chi connectivity index (χ3v) is 2.59. The first kappa shape index (κ1) is 14.5. The molecule has 0 heterocycles. The summed E-state index contributed by atoms with van der Waals surface area (Å²) in [7, 11) is 3.83. The van der Waals surface area contributed by atoms with Gasteiger partial charge in [0.25, 0.3) is 0 Å². The van der Waals surface area contributed by atoms with Gasteiger partial charge in [0.1, 0.15) is 0 Å². The third kappa shape index (κ3) is 4.39. The van der Waals surface area contributed by atoms with E-state index in [4.69, 9.17) is 16.7 Å². The molecular weight excluding hydrogens is 252 g/mol. The van der Waals surface area contributed by atoms with Crippen molar-refractivity contribution in [3.63, 3.8) is 0 Å². The van der Waals surface area contributed by atoms with Gasteiger partial charge in [-0.05, 0) is 23.8 Å². The second-order valence-electron chi connectivity index (χ2n) is 3.95. The van der Waals surface area contributed by atoms with Crippen LogP contribution in [0.1, 0.15) is 5.56 Å². The molecule has 1 rings (SSSR count). The lowest BCUT2D eigenvalue weighted by Crippen LogP contribution is -2.24. The SMILES string of the molecule is CN(C)c1ccc(/C=C/C(=O)NCCO)cc1Cl. The minimum absolute atomic E-state index is 0.0665. The molecule has 0 bridgehead atoms. The molecule has 0 unspecified atom stereocenters. The van der Waals surface area contributed by atoms with Crippen molar-refractivity contribution in [3.05, 3.63) is 34.9 Å². The normalized spacial score (nSPS) is 10.7. The number of rotatable bonds is 5. The fourth-order valence-corrected chi connectivity index (χ4v) is 1.76. The van der Waals surface area contributed by atoms with Crippen molar-refractivity contribution < 1.29 is 9.90 Å². The Bertz CT molecular complexity index is 445. The van der Waals surface area contributed by atoms with Crippen molar-refractivity contribution in [1.29, 1.82) is 0 Å². The predicted octanol–water partition coefficient (Wildman–Crippen LogP) is 1.53. The number of carbonyl (C=O) groups excluding carboxylic acids is 1. The Hall–Kier alpha value is -1.52. The zero-order valence-corrected chi connectivity index (χ0v) is 11.2. The number of aliphatic hydroxyl groups excluding tert-OH is 1. The smallest absolute Gasteiger partial charge is 0.244 e. The quantitative estimate of drug-likeness (QED) is 0.797. The van der Waals surface area contributed by atoms with Gasteiger partial charge in [-0.3, -0.25) is 4.79 Å². The number of carbonyl (C=O) groups is 1. The first-order valence-corrected chi connectivity index (χ1v) is 5.96. The van der Waals surface area contributed by atoms with Crippen LogP contribution in [0, 0.1) is 0 Å². The van der Waals surface area contributed by atoms with E-state index < -0.39 is 0 Å². The summed E-state index contributed by atoms with van der Waals surface area (Å²) in [6.07, 6.45) is 3.09. The summed E-state index contributed by atoms with van der Waals surface area (Å²) in [4.78, 5) is 13.2. The summed E-state index contributed by atoms with van der Waals surface area (Å²) in [5, 5.41) is 11.7. The standard InChI is InChI=1S/C13H17ClN2O2/c1-16(2)12-5-3-10(9-11(12)14)4-6-13(18)15-7-8-17/h3-6,9,17H,7-8H2,1-2H3,(H,15,18)/b6-4+. The number of hydrogen-bond acceptors (Lipinski definition) is 3. The van der Waals surface area contributed by atoms with E-state index in [2.05, 4.69) is 5.32 Å². The Morgan fingerprint density at radius 3 is 2.78 bits per heavy atom. The van der Waals surface area contributed by atoms with E-state index in [0.29, 0.717) is 5.02 Å². The van der Waals surface area contributed by atoms with Crippen LogP contribution in [-0.2, 0) is 4.79 Å². The van der Waals surface area contributed by atoms with Crippen LogP contribution in [0.15, 0.2) is 24.3 Å². The van der Waals surface area contributed by atoms with Gasteiger partial charge in [0.05, 0.1) is 17.3 Å². The molecule has 5 heteroatoms. The van der Waals surface area contributed by atoms with Crippen molar-refractivity contribution in [1.82, 2.24) is 5.32 Å². The van der Waals surface area contributed by atoms with Crippen LogP contribution in [0.2, 0.25) is 5.02 Å². The lowest BCUT2D eigenvalue weighted by Gasteiger charge is -2.14. The fraction of sp³-hybridized carbons (Fsp3) is 0.308. The van der Waals surface area contributed by atoms with Crippen molar-refractivity contribution in [2.75, 3.05) is 32.1 Å². The minimum Gasteiger partial charge on any atom is -0.395 e. The first-order chi connectivity index (χ1) is 8.54. The molecule has 1 aromatic rings. The van der Waals surface area contributed by atoms with Crippen LogP contribution in [0.4, 0.5) is 5.69 Å². The molecule has 0 spiro atoms. The Kier molecular flexibility index (Phi) is 5.68. The van der Waals surface area contributed by atoms with Gasteiger partial charge in [-0.25, -0.2) is 0 Å². The highest BCUT2D eigenvalue weighted by Gasteiger charge is 2.02. The Morgan fingerprint density at radius 1 is 1.50 bits per heavy atom. The fourth-order valence-electron chi connectivity index (χ4n) is 1.40. The molecule has 0 aliphatic rings. The number of nitrogens with one attached hydrogen (secondary N) is 1. The molecule has 0 fully saturated rings. The van der Waals surface area contributed by atoms with Crippen LogP contribution in [0.5, 0.6) is 0 Å². The largest absolute Gasteiger partial charge is 0.395 e. The Balaban J connectivity index is 2.71. The van der Waals surface area contributed by atoms with Crippen LogP contribution < -0.4 is 10.2 Å². The second-order valence-corrected chi connectivity index (χ2v) is 4.36. The number of benzene rings is 1. The number of nitrogens with zero attached hydrogens (tertiary/aromatic N) is 1. The molecule has 4 nitrogen and oxygen atoms in total. The average Bonchev–Trinajstić information content (AvgIpc) is 2.33. The number of anilines is 1. The monoisotopic (exact) mass is 268 g/mol. The molecule has 0 aromatic heterocycles. The lowest BCUT2D eigenvalue weighted by atomic mass is 10.2. The van der Waals surface area contributed by atoms with Crippen LogP contribution in [0.3, 0.4) is 0 Å². The van der Waals surface area contributed by atoms with Crippen molar-refractivity contribution in [2.24, 2.45) is 0 Å². The zero-order valence-electron chi connectivity index (χ0n) is 10.5. The summed E-state index contributed by atoms with van der Waals surface area (Å²) >= 11 is 6.11. The summed E-state index contributed by atoms with van der Waals surface area (Å²) in [6, 6.07) is 5.58. The van der Waals surface area contributed by atoms with Gasteiger partial charge < -0.3 is 15.3 Å². The van der Waals surface area contributed by atoms with E-state index in [1.54, 1.807) is 12.1 Å². The van der Waals surface area contributed by atoms with Crippen molar-refractivity contribution >= 4 is 29.3 Å². The Morgan fingerprint density at radius 2 is 2.22 bits per heavy atom. The zero-order chi connectivity index (χ0) is 13.5. The molecule has 0 saturated heterocycles. The molecular formula is C13H17ClN2O2. The van der Waals surface area contributed by atoms with Gasteiger partial charge in [0, 0.05) is 26.7 Å². The van der Waals surface area contributed by atoms with E-state index in [0.717, 1.165) is 11.3 Å². The van der Waals surface area contributed by atoms with Crippen molar-refractivity contribution in [3.8, 4) is 0 Å². The van der Waals surface area contributed by atoms with Gasteiger partial charge in [0.2, 0.25) is 5.91 Å². The number of halogens is 1. The average molecular weight is 269 g/mol. The maximum absolute atomic E-state index is 11.3. The predicted molar refractivity (Wildman–Crippen MR) is 74.9 cm³/mol. The number of amides is 1. The van der Waals surface area contributed by atoms with E-state index in [1.165, 1.54) is 6.08 Å². The van der Waals surface area contributed by atoms with Gasteiger partial charge in [-0.1, -0.05) is 17.7 Å². The molecule has 98 valence electrons. The first-order valence-electron chi connectivity index (χ1n) is 5.58. The molecule has 0 aliphatic heterocycles. The van der Waals surface area contributed by atoms with E-state index in [1.807, 2.05) is 31.1 Å². The summed E-state index contributed by atoms with van der Waals surface area (Å²) in [5.41, 5.74) is 1.78. The topological polar surface area (TPSA) is 52.6 Å². The summed E-state index contributed by atoms with van der Waals surface area (Å²) in [6.45, 7) is 0.187. The summed E-state index contributed by atoms with van der Waals surface area (Å²) in [5.74, 6) is -0.239. The van der Waals surface area contributed by atoms with Crippen molar-refractivity contribution in [2.45, 2.75) is 0 Å². The minimum atomic E-state index is -0.239. The van der Waals surface area contributed by atoms with Gasteiger partial charge in [0.15, 0.2) is 0 Å². The van der Waals surface area contributed by atoms with Gasteiger partial charge >= 0.3 is 0 Å². The summed E-state index contributed by atoms with van der Waals surface area (Å²) < 4.78 is 0. The number of aliphatic hydroxyl groups is 1. The molecule has 1 aromatic carbocycles. The van der Waals surface area contributed by atoms with Gasteiger partial charge in [-0.15, -0.1) is 0 Å².